The number of hydrogen-bond donors (Lipinski definition) is 0. The van der Waals surface area contributed by atoms with E-state index in [0.717, 1.165) is 19.1 Å². The maximum atomic E-state index is 5.34. The highest BCUT2D eigenvalue weighted by molar-refractivity contribution is 4.70. The smallest absolute Gasteiger partial charge is 0.0478 e. The fourth-order valence-corrected chi connectivity index (χ4v) is 2.15. The lowest BCUT2D eigenvalue weighted by Gasteiger charge is -2.31. The molecule has 1 aliphatic rings. The summed E-state index contributed by atoms with van der Waals surface area (Å²) >= 11 is 0. The van der Waals surface area contributed by atoms with Gasteiger partial charge in [-0.15, -0.1) is 0 Å². The molecule has 2 nitrogen and oxygen atoms in total. The van der Waals surface area contributed by atoms with Gasteiger partial charge in [0.2, 0.25) is 0 Å². The fraction of sp³-hybridized carbons (Fsp3) is 1.00. The first-order valence-electron chi connectivity index (χ1n) is 6.16. The lowest BCUT2D eigenvalue weighted by atomic mass is 9.94. The SMILES string of the molecule is CCOCCCN1CCC(CC)CC1. The lowest BCUT2D eigenvalue weighted by molar-refractivity contribution is 0.120. The van der Waals surface area contributed by atoms with E-state index < -0.39 is 0 Å². The molecule has 0 radical (unpaired) electrons. The maximum Gasteiger partial charge on any atom is 0.0478 e. The topological polar surface area (TPSA) is 12.5 Å². The van der Waals surface area contributed by atoms with Gasteiger partial charge in [-0.2, -0.15) is 0 Å². The summed E-state index contributed by atoms with van der Waals surface area (Å²) in [6.45, 7) is 10.0. The van der Waals surface area contributed by atoms with Crippen molar-refractivity contribution in [1.29, 1.82) is 0 Å². The average molecular weight is 199 g/mol. The van der Waals surface area contributed by atoms with Crippen molar-refractivity contribution < 1.29 is 4.74 Å². The molecule has 1 heterocycles. The summed E-state index contributed by atoms with van der Waals surface area (Å²) in [5.74, 6) is 0.998. The van der Waals surface area contributed by atoms with Gasteiger partial charge >= 0.3 is 0 Å². The van der Waals surface area contributed by atoms with Crippen LogP contribution in [0, 0.1) is 5.92 Å². The number of ether oxygens (including phenoxy) is 1. The molecule has 14 heavy (non-hydrogen) atoms. The molecule has 0 aromatic rings. The van der Waals surface area contributed by atoms with Crippen LogP contribution in [-0.4, -0.2) is 37.7 Å². The molecule has 84 valence electrons. The average Bonchev–Trinajstić information content (AvgIpc) is 2.25. The van der Waals surface area contributed by atoms with E-state index in [1.54, 1.807) is 0 Å². The van der Waals surface area contributed by atoms with Gasteiger partial charge in [-0.05, 0) is 45.2 Å². The standard InChI is InChI=1S/C12H25NO/c1-3-12-6-9-13(10-7-12)8-5-11-14-4-2/h12H,3-11H2,1-2H3. The van der Waals surface area contributed by atoms with Crippen LogP contribution >= 0.6 is 0 Å². The van der Waals surface area contributed by atoms with E-state index in [9.17, 15) is 0 Å². The van der Waals surface area contributed by atoms with Gasteiger partial charge in [0, 0.05) is 19.8 Å². The van der Waals surface area contributed by atoms with Crippen LogP contribution < -0.4 is 0 Å². The van der Waals surface area contributed by atoms with Crippen LogP contribution in [0.1, 0.15) is 39.5 Å². The van der Waals surface area contributed by atoms with Crippen LogP contribution in [0.15, 0.2) is 0 Å². The monoisotopic (exact) mass is 199 g/mol. The van der Waals surface area contributed by atoms with Gasteiger partial charge in [0.15, 0.2) is 0 Å². The van der Waals surface area contributed by atoms with E-state index in [4.69, 9.17) is 4.74 Å². The van der Waals surface area contributed by atoms with Crippen molar-refractivity contribution in [2.75, 3.05) is 32.8 Å². The number of nitrogens with zero attached hydrogens (tertiary/aromatic N) is 1. The van der Waals surface area contributed by atoms with Crippen LogP contribution in [0.3, 0.4) is 0 Å². The van der Waals surface area contributed by atoms with Gasteiger partial charge < -0.3 is 9.64 Å². The second-order valence-electron chi connectivity index (χ2n) is 4.24. The predicted octanol–water partition coefficient (Wildman–Crippen LogP) is 2.54. The summed E-state index contributed by atoms with van der Waals surface area (Å²) in [5.41, 5.74) is 0. The first-order chi connectivity index (χ1) is 6.86. The zero-order valence-corrected chi connectivity index (χ0v) is 9.80. The minimum absolute atomic E-state index is 0.859. The molecule has 0 spiro atoms. The zero-order valence-electron chi connectivity index (χ0n) is 9.80. The fourth-order valence-electron chi connectivity index (χ4n) is 2.15. The normalized spacial score (nSPS) is 20.1. The Morgan fingerprint density at radius 1 is 1.21 bits per heavy atom. The van der Waals surface area contributed by atoms with Gasteiger partial charge in [0.25, 0.3) is 0 Å². The van der Waals surface area contributed by atoms with Crippen LogP contribution in [0.5, 0.6) is 0 Å². The quantitative estimate of drug-likeness (QED) is 0.610. The van der Waals surface area contributed by atoms with E-state index in [1.165, 1.54) is 45.3 Å². The highest BCUT2D eigenvalue weighted by atomic mass is 16.5. The Morgan fingerprint density at radius 2 is 1.93 bits per heavy atom. The predicted molar refractivity (Wildman–Crippen MR) is 60.6 cm³/mol. The molecule has 0 unspecified atom stereocenters. The van der Waals surface area contributed by atoms with Gasteiger partial charge in [-0.3, -0.25) is 0 Å². The van der Waals surface area contributed by atoms with Crippen LogP contribution in [0.25, 0.3) is 0 Å². The number of hydrogen-bond acceptors (Lipinski definition) is 2. The molecule has 0 aliphatic carbocycles. The van der Waals surface area contributed by atoms with Crippen molar-refractivity contribution in [2.45, 2.75) is 39.5 Å². The Hall–Kier alpha value is -0.0800. The molecule has 0 aromatic carbocycles. The summed E-state index contributed by atoms with van der Waals surface area (Å²) in [6, 6.07) is 0. The van der Waals surface area contributed by atoms with Crippen LogP contribution in [0.4, 0.5) is 0 Å². The molecular weight excluding hydrogens is 174 g/mol. The molecule has 0 amide bonds. The largest absolute Gasteiger partial charge is 0.382 e. The first-order valence-corrected chi connectivity index (χ1v) is 6.16. The molecule has 0 saturated carbocycles. The molecule has 0 aromatic heterocycles. The van der Waals surface area contributed by atoms with Crippen molar-refractivity contribution in [3.63, 3.8) is 0 Å². The van der Waals surface area contributed by atoms with Crippen molar-refractivity contribution in [2.24, 2.45) is 5.92 Å². The van der Waals surface area contributed by atoms with Gasteiger partial charge in [-0.25, -0.2) is 0 Å². The third kappa shape index (κ3) is 4.43. The third-order valence-corrected chi connectivity index (χ3v) is 3.25. The van der Waals surface area contributed by atoms with Crippen molar-refractivity contribution in [1.82, 2.24) is 4.90 Å². The minimum atomic E-state index is 0.859. The second-order valence-corrected chi connectivity index (χ2v) is 4.24. The molecule has 0 bridgehead atoms. The summed E-state index contributed by atoms with van der Waals surface area (Å²) in [4.78, 5) is 2.59. The highest BCUT2D eigenvalue weighted by Crippen LogP contribution is 2.19. The van der Waals surface area contributed by atoms with Crippen molar-refractivity contribution in [3.8, 4) is 0 Å². The van der Waals surface area contributed by atoms with Crippen molar-refractivity contribution in [3.05, 3.63) is 0 Å². The highest BCUT2D eigenvalue weighted by Gasteiger charge is 2.16. The Kier molecular flexibility index (Phi) is 6.20. The number of rotatable bonds is 6. The van der Waals surface area contributed by atoms with E-state index in [-0.39, 0.29) is 0 Å². The molecule has 2 heteroatoms. The number of likely N-dealkylation sites (tertiary alicyclic amines) is 1. The molecule has 1 aliphatic heterocycles. The molecular formula is C12H25NO. The summed E-state index contributed by atoms with van der Waals surface area (Å²) in [6.07, 6.45) is 5.38. The summed E-state index contributed by atoms with van der Waals surface area (Å²) in [5, 5.41) is 0. The Labute approximate surface area is 88.6 Å². The van der Waals surface area contributed by atoms with Gasteiger partial charge in [0.05, 0.1) is 0 Å². The lowest BCUT2D eigenvalue weighted by Crippen LogP contribution is -2.34. The maximum absolute atomic E-state index is 5.34. The molecule has 1 fully saturated rings. The molecule has 0 N–H and O–H groups in total. The van der Waals surface area contributed by atoms with Crippen LogP contribution in [-0.2, 0) is 4.74 Å². The first kappa shape index (κ1) is 12.0. The summed E-state index contributed by atoms with van der Waals surface area (Å²) < 4.78 is 5.34. The third-order valence-electron chi connectivity index (χ3n) is 3.25. The second kappa shape index (κ2) is 7.24. The van der Waals surface area contributed by atoms with E-state index >= 15 is 0 Å². The van der Waals surface area contributed by atoms with Gasteiger partial charge in [-0.1, -0.05) is 13.3 Å². The Morgan fingerprint density at radius 3 is 2.50 bits per heavy atom. The molecule has 1 rings (SSSR count). The molecule has 1 saturated heterocycles. The minimum Gasteiger partial charge on any atom is -0.382 e. The van der Waals surface area contributed by atoms with E-state index in [0.29, 0.717) is 0 Å². The Balaban J connectivity index is 1.98. The Bertz CT molecular complexity index is 130. The van der Waals surface area contributed by atoms with Gasteiger partial charge in [0.1, 0.15) is 0 Å². The van der Waals surface area contributed by atoms with E-state index in [2.05, 4.69) is 18.7 Å². The zero-order chi connectivity index (χ0) is 10.2. The summed E-state index contributed by atoms with van der Waals surface area (Å²) in [7, 11) is 0. The van der Waals surface area contributed by atoms with E-state index in [1.807, 2.05) is 0 Å². The van der Waals surface area contributed by atoms with Crippen molar-refractivity contribution >= 4 is 0 Å². The molecule has 0 atom stereocenters. The number of piperidine rings is 1. The van der Waals surface area contributed by atoms with Crippen LogP contribution in [0.2, 0.25) is 0 Å².